The second-order valence-corrected chi connectivity index (χ2v) is 6.77. The number of sulfone groups is 1. The fourth-order valence-electron chi connectivity index (χ4n) is 1.85. The van der Waals surface area contributed by atoms with Crippen molar-refractivity contribution in [3.63, 3.8) is 0 Å². The fourth-order valence-corrected chi connectivity index (χ4v) is 2.48. The van der Waals surface area contributed by atoms with Crippen LogP contribution in [0.4, 0.5) is 5.82 Å². The first-order chi connectivity index (χ1) is 9.90. The third kappa shape index (κ3) is 3.80. The molecule has 0 fully saturated rings. The van der Waals surface area contributed by atoms with E-state index in [0.29, 0.717) is 16.3 Å². The van der Waals surface area contributed by atoms with Gasteiger partial charge in [-0.2, -0.15) is 5.26 Å². The minimum atomic E-state index is -3.18. The van der Waals surface area contributed by atoms with Crippen molar-refractivity contribution in [2.45, 2.75) is 17.9 Å². The summed E-state index contributed by atoms with van der Waals surface area (Å²) >= 11 is 0. The molecule has 0 saturated heterocycles. The van der Waals surface area contributed by atoms with E-state index in [4.69, 9.17) is 5.26 Å². The molecule has 0 radical (unpaired) electrons. The van der Waals surface area contributed by atoms with E-state index in [-0.39, 0.29) is 6.04 Å². The van der Waals surface area contributed by atoms with Crippen LogP contribution in [0.25, 0.3) is 0 Å². The Morgan fingerprint density at radius 2 is 1.86 bits per heavy atom. The molecule has 1 aromatic heterocycles. The van der Waals surface area contributed by atoms with Gasteiger partial charge in [0.1, 0.15) is 11.9 Å². The van der Waals surface area contributed by atoms with Crippen LogP contribution >= 0.6 is 0 Å². The number of nitriles is 1. The maximum atomic E-state index is 11.4. The average molecular weight is 301 g/mol. The van der Waals surface area contributed by atoms with Gasteiger partial charge in [0.15, 0.2) is 9.84 Å². The molecule has 108 valence electrons. The Hall–Kier alpha value is -2.39. The van der Waals surface area contributed by atoms with Gasteiger partial charge in [-0.15, -0.1) is 0 Å². The second kappa shape index (κ2) is 5.94. The first kappa shape index (κ1) is 15.0. The van der Waals surface area contributed by atoms with Crippen molar-refractivity contribution >= 4 is 15.7 Å². The zero-order chi connectivity index (χ0) is 15.5. The normalized spacial score (nSPS) is 12.4. The van der Waals surface area contributed by atoms with Crippen LogP contribution in [0.15, 0.2) is 47.5 Å². The molecule has 0 aliphatic rings. The van der Waals surface area contributed by atoms with Crippen molar-refractivity contribution in [2.24, 2.45) is 0 Å². The third-order valence-electron chi connectivity index (χ3n) is 3.07. The molecular weight excluding hydrogens is 286 g/mol. The number of aromatic nitrogens is 1. The van der Waals surface area contributed by atoms with Gasteiger partial charge in [-0.25, -0.2) is 13.4 Å². The Bertz CT molecular complexity index is 760. The number of rotatable bonds is 4. The molecule has 1 aromatic carbocycles. The van der Waals surface area contributed by atoms with Crippen molar-refractivity contribution < 1.29 is 8.42 Å². The van der Waals surface area contributed by atoms with Crippen LogP contribution in [-0.2, 0) is 9.84 Å². The van der Waals surface area contributed by atoms with Crippen molar-refractivity contribution in [1.82, 2.24) is 4.98 Å². The highest BCUT2D eigenvalue weighted by Crippen LogP contribution is 2.19. The maximum Gasteiger partial charge on any atom is 0.175 e. The predicted octanol–water partition coefficient (Wildman–Crippen LogP) is 2.53. The lowest BCUT2D eigenvalue weighted by atomic mass is 10.1. The third-order valence-corrected chi connectivity index (χ3v) is 4.19. The number of hydrogen-bond donors (Lipinski definition) is 1. The standard InChI is InChI=1S/C15H15N3O2S/c1-11(18-15-8-3-12(9-16)10-17-15)13-4-6-14(7-5-13)21(2,19)20/h3-8,10-11H,1-2H3,(H,17,18)/t11-/m0/s1. The van der Waals surface area contributed by atoms with E-state index in [1.165, 1.54) is 12.5 Å². The van der Waals surface area contributed by atoms with Gasteiger partial charge in [0, 0.05) is 18.5 Å². The van der Waals surface area contributed by atoms with Gasteiger partial charge in [-0.1, -0.05) is 12.1 Å². The van der Waals surface area contributed by atoms with Gasteiger partial charge in [-0.3, -0.25) is 0 Å². The monoisotopic (exact) mass is 301 g/mol. The highest BCUT2D eigenvalue weighted by atomic mass is 32.2. The molecule has 5 nitrogen and oxygen atoms in total. The molecule has 0 aliphatic heterocycles. The number of nitrogens with zero attached hydrogens (tertiary/aromatic N) is 2. The summed E-state index contributed by atoms with van der Waals surface area (Å²) in [5, 5.41) is 11.9. The van der Waals surface area contributed by atoms with E-state index in [2.05, 4.69) is 10.3 Å². The van der Waals surface area contributed by atoms with E-state index >= 15 is 0 Å². The Balaban J connectivity index is 2.13. The summed E-state index contributed by atoms with van der Waals surface area (Å²) in [4.78, 5) is 4.44. The van der Waals surface area contributed by atoms with E-state index in [0.717, 1.165) is 5.56 Å². The lowest BCUT2D eigenvalue weighted by molar-refractivity contribution is 0.602. The molecule has 0 saturated carbocycles. The summed E-state index contributed by atoms with van der Waals surface area (Å²) in [7, 11) is -3.18. The Morgan fingerprint density at radius 3 is 2.33 bits per heavy atom. The Labute approximate surface area is 124 Å². The van der Waals surface area contributed by atoms with Gasteiger partial charge in [0.2, 0.25) is 0 Å². The molecule has 0 bridgehead atoms. The summed E-state index contributed by atoms with van der Waals surface area (Å²) in [5.41, 5.74) is 1.46. The highest BCUT2D eigenvalue weighted by molar-refractivity contribution is 7.90. The van der Waals surface area contributed by atoms with Gasteiger partial charge in [-0.05, 0) is 36.8 Å². The number of anilines is 1. The molecule has 0 unspecified atom stereocenters. The summed E-state index contributed by atoms with van der Waals surface area (Å²) in [6, 6.07) is 12.1. The van der Waals surface area contributed by atoms with E-state index < -0.39 is 9.84 Å². The molecule has 2 aromatic rings. The molecule has 21 heavy (non-hydrogen) atoms. The summed E-state index contributed by atoms with van der Waals surface area (Å²) in [6.45, 7) is 1.95. The zero-order valence-corrected chi connectivity index (χ0v) is 12.6. The molecule has 1 N–H and O–H groups in total. The lowest BCUT2D eigenvalue weighted by Gasteiger charge is -2.15. The molecule has 1 heterocycles. The molecule has 0 aliphatic carbocycles. The quantitative estimate of drug-likeness (QED) is 0.938. The van der Waals surface area contributed by atoms with Gasteiger partial charge >= 0.3 is 0 Å². The largest absolute Gasteiger partial charge is 0.364 e. The number of nitrogens with one attached hydrogen (secondary N) is 1. The van der Waals surface area contributed by atoms with E-state index in [1.54, 1.807) is 36.4 Å². The SMILES string of the molecule is C[C@H](Nc1ccc(C#N)cn1)c1ccc(S(C)(=O)=O)cc1. The zero-order valence-electron chi connectivity index (χ0n) is 11.7. The number of benzene rings is 1. The van der Waals surface area contributed by atoms with Crippen LogP contribution in [0.2, 0.25) is 0 Å². The van der Waals surface area contributed by atoms with Crippen LogP contribution in [0.3, 0.4) is 0 Å². The predicted molar refractivity (Wildman–Crippen MR) is 80.5 cm³/mol. The Kier molecular flexibility index (Phi) is 4.24. The second-order valence-electron chi connectivity index (χ2n) is 4.75. The maximum absolute atomic E-state index is 11.4. The van der Waals surface area contributed by atoms with Crippen molar-refractivity contribution in [3.8, 4) is 6.07 Å². The van der Waals surface area contributed by atoms with Crippen LogP contribution < -0.4 is 5.32 Å². The van der Waals surface area contributed by atoms with Crippen molar-refractivity contribution in [1.29, 1.82) is 5.26 Å². The molecule has 2 rings (SSSR count). The fraction of sp³-hybridized carbons (Fsp3) is 0.200. The summed E-state index contributed by atoms with van der Waals surface area (Å²) in [5.74, 6) is 0.661. The highest BCUT2D eigenvalue weighted by Gasteiger charge is 2.10. The molecule has 0 spiro atoms. The van der Waals surface area contributed by atoms with Crippen LogP contribution in [0, 0.1) is 11.3 Å². The Morgan fingerprint density at radius 1 is 1.19 bits per heavy atom. The molecule has 6 heteroatoms. The van der Waals surface area contributed by atoms with E-state index in [9.17, 15) is 8.42 Å². The van der Waals surface area contributed by atoms with Crippen molar-refractivity contribution in [3.05, 3.63) is 53.7 Å². The minimum absolute atomic E-state index is 0.0287. The summed E-state index contributed by atoms with van der Waals surface area (Å²) < 4.78 is 22.8. The van der Waals surface area contributed by atoms with Crippen LogP contribution in [0.1, 0.15) is 24.1 Å². The van der Waals surface area contributed by atoms with Gasteiger partial charge < -0.3 is 5.32 Å². The first-order valence-corrected chi connectivity index (χ1v) is 8.22. The van der Waals surface area contributed by atoms with Crippen molar-refractivity contribution in [2.75, 3.05) is 11.6 Å². The van der Waals surface area contributed by atoms with Crippen LogP contribution in [-0.4, -0.2) is 19.7 Å². The number of hydrogen-bond acceptors (Lipinski definition) is 5. The first-order valence-electron chi connectivity index (χ1n) is 6.33. The smallest absolute Gasteiger partial charge is 0.175 e. The van der Waals surface area contributed by atoms with Crippen LogP contribution in [0.5, 0.6) is 0 Å². The number of pyridine rings is 1. The minimum Gasteiger partial charge on any atom is -0.364 e. The molecular formula is C15H15N3O2S. The average Bonchev–Trinajstić information content (AvgIpc) is 2.47. The lowest BCUT2D eigenvalue weighted by Crippen LogP contribution is -2.08. The molecule has 1 atom stereocenters. The topological polar surface area (TPSA) is 82.8 Å². The summed E-state index contributed by atoms with van der Waals surface area (Å²) in [6.07, 6.45) is 2.69. The van der Waals surface area contributed by atoms with Gasteiger partial charge in [0.05, 0.1) is 10.5 Å². The molecule has 0 amide bonds. The van der Waals surface area contributed by atoms with E-state index in [1.807, 2.05) is 13.0 Å². The van der Waals surface area contributed by atoms with Gasteiger partial charge in [0.25, 0.3) is 0 Å².